The van der Waals surface area contributed by atoms with Crippen molar-refractivity contribution in [2.45, 2.75) is 20.3 Å². The van der Waals surface area contributed by atoms with Gasteiger partial charge in [0.1, 0.15) is 0 Å². The summed E-state index contributed by atoms with van der Waals surface area (Å²) in [4.78, 5) is 21.7. The average Bonchev–Trinajstić information content (AvgIpc) is 2.15. The Morgan fingerprint density at radius 1 is 1.62 bits per heavy atom. The second kappa shape index (κ2) is 6.22. The van der Waals surface area contributed by atoms with Crippen molar-refractivity contribution in [2.24, 2.45) is 5.92 Å². The number of carbonyl (C=O) groups excluding carboxylic acids is 2. The molecule has 1 amide bonds. The van der Waals surface area contributed by atoms with Gasteiger partial charge in [0.25, 0.3) is 0 Å². The fourth-order valence-electron chi connectivity index (χ4n) is 0.597. The van der Waals surface area contributed by atoms with Gasteiger partial charge in [-0.25, -0.2) is 4.79 Å². The SMILES string of the molecule is C=CC(=O)OCNC(=O)C(C)CC. The summed E-state index contributed by atoms with van der Waals surface area (Å²) >= 11 is 0. The molecule has 0 heterocycles. The Hall–Kier alpha value is -1.32. The number of hydrogen-bond donors (Lipinski definition) is 1. The number of amides is 1. The lowest BCUT2D eigenvalue weighted by atomic mass is 10.1. The molecule has 0 aromatic heterocycles. The third-order valence-electron chi connectivity index (χ3n) is 1.69. The van der Waals surface area contributed by atoms with Crippen molar-refractivity contribution in [1.29, 1.82) is 0 Å². The summed E-state index contributed by atoms with van der Waals surface area (Å²) in [5, 5.41) is 2.47. The Morgan fingerprint density at radius 2 is 2.23 bits per heavy atom. The summed E-state index contributed by atoms with van der Waals surface area (Å²) in [7, 11) is 0. The van der Waals surface area contributed by atoms with E-state index in [1.54, 1.807) is 0 Å². The maximum absolute atomic E-state index is 11.1. The molecule has 0 aliphatic carbocycles. The molecule has 0 aromatic carbocycles. The molecule has 1 atom stereocenters. The van der Waals surface area contributed by atoms with E-state index < -0.39 is 5.97 Å². The number of ether oxygens (including phenoxy) is 1. The zero-order valence-corrected chi connectivity index (χ0v) is 8.00. The van der Waals surface area contributed by atoms with Crippen LogP contribution in [-0.2, 0) is 14.3 Å². The van der Waals surface area contributed by atoms with Crippen molar-refractivity contribution < 1.29 is 14.3 Å². The van der Waals surface area contributed by atoms with Crippen LogP contribution in [0, 0.1) is 5.92 Å². The minimum Gasteiger partial charge on any atom is -0.441 e. The van der Waals surface area contributed by atoms with Gasteiger partial charge in [-0.1, -0.05) is 20.4 Å². The molecule has 4 nitrogen and oxygen atoms in total. The lowest BCUT2D eigenvalue weighted by Gasteiger charge is -2.09. The monoisotopic (exact) mass is 185 g/mol. The van der Waals surface area contributed by atoms with Crippen molar-refractivity contribution in [3.63, 3.8) is 0 Å². The third kappa shape index (κ3) is 5.00. The summed E-state index contributed by atoms with van der Waals surface area (Å²) in [5.41, 5.74) is 0. The summed E-state index contributed by atoms with van der Waals surface area (Å²) in [6.45, 7) is 6.86. The molecule has 0 saturated heterocycles. The van der Waals surface area contributed by atoms with Crippen molar-refractivity contribution in [3.05, 3.63) is 12.7 Å². The lowest BCUT2D eigenvalue weighted by molar-refractivity contribution is -0.140. The highest BCUT2D eigenvalue weighted by Crippen LogP contribution is 1.98. The van der Waals surface area contributed by atoms with Crippen LogP contribution in [0.4, 0.5) is 0 Å². The van der Waals surface area contributed by atoms with E-state index in [0.717, 1.165) is 12.5 Å². The van der Waals surface area contributed by atoms with Gasteiger partial charge in [-0.15, -0.1) is 0 Å². The van der Waals surface area contributed by atoms with E-state index in [4.69, 9.17) is 0 Å². The molecule has 0 bridgehead atoms. The van der Waals surface area contributed by atoms with E-state index in [9.17, 15) is 9.59 Å². The Labute approximate surface area is 78.0 Å². The summed E-state index contributed by atoms with van der Waals surface area (Å²) < 4.78 is 4.57. The molecule has 13 heavy (non-hydrogen) atoms. The molecule has 0 aliphatic heterocycles. The number of carbonyl (C=O) groups is 2. The van der Waals surface area contributed by atoms with Crippen LogP contribution >= 0.6 is 0 Å². The first kappa shape index (κ1) is 11.7. The Morgan fingerprint density at radius 3 is 2.69 bits per heavy atom. The maximum Gasteiger partial charge on any atom is 0.331 e. The van der Waals surface area contributed by atoms with Crippen LogP contribution in [0.1, 0.15) is 20.3 Å². The lowest BCUT2D eigenvalue weighted by Crippen LogP contribution is -2.31. The summed E-state index contributed by atoms with van der Waals surface area (Å²) in [5.74, 6) is -0.703. The van der Waals surface area contributed by atoms with Gasteiger partial charge >= 0.3 is 5.97 Å². The standard InChI is InChI=1S/C9H15NO3/c1-4-7(3)9(12)10-6-13-8(11)5-2/h5,7H,2,4,6H2,1,3H3,(H,10,12). The van der Waals surface area contributed by atoms with Crippen molar-refractivity contribution in [3.8, 4) is 0 Å². The van der Waals surface area contributed by atoms with E-state index in [1.165, 1.54) is 0 Å². The van der Waals surface area contributed by atoms with Crippen LogP contribution in [0.15, 0.2) is 12.7 Å². The predicted octanol–water partition coefficient (Wildman–Crippen LogP) is 0.835. The number of esters is 1. The minimum atomic E-state index is -0.538. The van der Waals surface area contributed by atoms with Gasteiger partial charge in [-0.05, 0) is 6.42 Å². The van der Waals surface area contributed by atoms with Crippen LogP contribution < -0.4 is 5.32 Å². The molecule has 0 radical (unpaired) electrons. The van der Waals surface area contributed by atoms with E-state index in [2.05, 4.69) is 16.6 Å². The smallest absolute Gasteiger partial charge is 0.331 e. The molecular weight excluding hydrogens is 170 g/mol. The molecular formula is C9H15NO3. The molecule has 1 unspecified atom stereocenters. The van der Waals surface area contributed by atoms with Crippen molar-refractivity contribution >= 4 is 11.9 Å². The summed E-state index contributed by atoms with van der Waals surface area (Å²) in [6.07, 6.45) is 1.82. The quantitative estimate of drug-likeness (QED) is 0.392. The van der Waals surface area contributed by atoms with Gasteiger partial charge < -0.3 is 10.1 Å². The number of nitrogens with one attached hydrogen (secondary N) is 1. The maximum atomic E-state index is 11.1. The van der Waals surface area contributed by atoms with E-state index >= 15 is 0 Å². The van der Waals surface area contributed by atoms with Gasteiger partial charge in [0.15, 0.2) is 6.73 Å². The van der Waals surface area contributed by atoms with Crippen LogP contribution in [0.2, 0.25) is 0 Å². The highest BCUT2D eigenvalue weighted by atomic mass is 16.5. The molecule has 0 aromatic rings. The fraction of sp³-hybridized carbons (Fsp3) is 0.556. The molecule has 4 heteroatoms. The molecule has 1 N–H and O–H groups in total. The van der Waals surface area contributed by atoms with Crippen LogP contribution in [0.5, 0.6) is 0 Å². The molecule has 0 aliphatic rings. The first-order valence-electron chi connectivity index (χ1n) is 4.18. The first-order valence-corrected chi connectivity index (χ1v) is 4.18. The highest BCUT2D eigenvalue weighted by molar-refractivity contribution is 5.82. The second-order valence-electron chi connectivity index (χ2n) is 2.66. The molecule has 0 saturated carbocycles. The van der Waals surface area contributed by atoms with Crippen molar-refractivity contribution in [1.82, 2.24) is 5.32 Å². The number of hydrogen-bond acceptors (Lipinski definition) is 3. The largest absolute Gasteiger partial charge is 0.441 e. The zero-order chi connectivity index (χ0) is 10.3. The normalized spacial score (nSPS) is 11.5. The molecule has 74 valence electrons. The zero-order valence-electron chi connectivity index (χ0n) is 8.00. The Kier molecular flexibility index (Phi) is 5.59. The number of rotatable bonds is 5. The van der Waals surface area contributed by atoms with Gasteiger partial charge in [-0.2, -0.15) is 0 Å². The van der Waals surface area contributed by atoms with Gasteiger partial charge in [0.05, 0.1) is 0 Å². The summed E-state index contributed by atoms with van der Waals surface area (Å²) in [6, 6.07) is 0. The minimum absolute atomic E-state index is 0.0533. The van der Waals surface area contributed by atoms with Crippen LogP contribution in [0.25, 0.3) is 0 Å². The Balaban J connectivity index is 3.59. The topological polar surface area (TPSA) is 55.4 Å². The van der Waals surface area contributed by atoms with Crippen LogP contribution in [0.3, 0.4) is 0 Å². The molecule has 0 spiro atoms. The first-order chi connectivity index (χ1) is 6.11. The average molecular weight is 185 g/mol. The third-order valence-corrected chi connectivity index (χ3v) is 1.69. The Bertz CT molecular complexity index is 201. The van der Waals surface area contributed by atoms with E-state index in [1.807, 2.05) is 13.8 Å². The molecule has 0 rings (SSSR count). The molecule has 0 fully saturated rings. The van der Waals surface area contributed by atoms with E-state index in [0.29, 0.717) is 0 Å². The van der Waals surface area contributed by atoms with Crippen LogP contribution in [-0.4, -0.2) is 18.6 Å². The van der Waals surface area contributed by atoms with Gasteiger partial charge in [-0.3, -0.25) is 4.79 Å². The van der Waals surface area contributed by atoms with Gasteiger partial charge in [0, 0.05) is 12.0 Å². The van der Waals surface area contributed by atoms with Gasteiger partial charge in [0.2, 0.25) is 5.91 Å². The highest BCUT2D eigenvalue weighted by Gasteiger charge is 2.09. The predicted molar refractivity (Wildman–Crippen MR) is 48.8 cm³/mol. The second-order valence-corrected chi connectivity index (χ2v) is 2.66. The van der Waals surface area contributed by atoms with E-state index in [-0.39, 0.29) is 18.6 Å². The fourth-order valence-corrected chi connectivity index (χ4v) is 0.597. The van der Waals surface area contributed by atoms with Crippen molar-refractivity contribution in [2.75, 3.05) is 6.73 Å².